The quantitative estimate of drug-likeness (QED) is 0.548. The number of anilines is 1. The van der Waals surface area contributed by atoms with Crippen LogP contribution in [0.2, 0.25) is 0 Å². The molecule has 0 aliphatic heterocycles. The standard InChI is InChI=1S/C24H26N4O3S2/c1-28(14-19-15-32-23(25-19)16-7-3-2-4-8-16)33(30,31)27-24(29)26-22-20-11-5-9-17(20)13-18-10-6-12-21(18)22/h2-4,7-8,13,15H,5-6,9-12,14H2,1H3,(H2,26,27,29). The molecular weight excluding hydrogens is 456 g/mol. The van der Waals surface area contributed by atoms with Crippen LogP contribution in [-0.2, 0) is 42.4 Å². The number of benzene rings is 2. The van der Waals surface area contributed by atoms with Gasteiger partial charge in [0.05, 0.1) is 12.2 Å². The lowest BCUT2D eigenvalue weighted by Crippen LogP contribution is -2.43. The van der Waals surface area contributed by atoms with Gasteiger partial charge in [0.1, 0.15) is 5.01 Å². The highest BCUT2D eigenvalue weighted by molar-refractivity contribution is 7.87. The van der Waals surface area contributed by atoms with Crippen LogP contribution in [0.3, 0.4) is 0 Å². The molecular formula is C24H26N4O3S2. The van der Waals surface area contributed by atoms with Crippen molar-refractivity contribution in [2.24, 2.45) is 0 Å². The van der Waals surface area contributed by atoms with E-state index in [1.165, 1.54) is 29.5 Å². The van der Waals surface area contributed by atoms with Gasteiger partial charge in [0, 0.05) is 23.7 Å². The number of carbonyl (C=O) groups excluding carboxylic acids is 1. The third kappa shape index (κ3) is 4.53. The molecule has 0 fully saturated rings. The van der Waals surface area contributed by atoms with E-state index in [2.05, 4.69) is 21.1 Å². The van der Waals surface area contributed by atoms with Gasteiger partial charge in [0.2, 0.25) is 0 Å². The minimum Gasteiger partial charge on any atom is -0.307 e. The van der Waals surface area contributed by atoms with Crippen LogP contribution >= 0.6 is 11.3 Å². The van der Waals surface area contributed by atoms with Crippen molar-refractivity contribution < 1.29 is 13.2 Å². The number of aryl methyl sites for hydroxylation is 2. The fourth-order valence-corrected chi connectivity index (χ4v) is 6.27. The Morgan fingerprint density at radius 2 is 1.73 bits per heavy atom. The molecule has 0 unspecified atom stereocenters. The smallest absolute Gasteiger partial charge is 0.307 e. The van der Waals surface area contributed by atoms with Gasteiger partial charge in [-0.1, -0.05) is 36.4 Å². The van der Waals surface area contributed by atoms with E-state index in [9.17, 15) is 13.2 Å². The SMILES string of the molecule is CN(Cc1csc(-c2ccccc2)n1)S(=O)(=O)NC(=O)Nc1c2c(cc3c1CCC3)CCC2. The first-order valence-corrected chi connectivity index (χ1v) is 13.4. The monoisotopic (exact) mass is 482 g/mol. The molecule has 5 rings (SSSR count). The van der Waals surface area contributed by atoms with Gasteiger partial charge in [-0.25, -0.2) is 14.5 Å². The molecule has 2 amide bonds. The van der Waals surface area contributed by atoms with E-state index in [0.29, 0.717) is 5.69 Å². The van der Waals surface area contributed by atoms with Gasteiger partial charge in [0.15, 0.2) is 0 Å². The second-order valence-electron chi connectivity index (χ2n) is 8.56. The van der Waals surface area contributed by atoms with Crippen molar-refractivity contribution in [3.8, 4) is 10.6 Å². The van der Waals surface area contributed by atoms with E-state index >= 15 is 0 Å². The topological polar surface area (TPSA) is 91.4 Å². The fraction of sp³-hybridized carbons (Fsp3) is 0.333. The Labute approximate surface area is 198 Å². The number of rotatable bonds is 6. The second kappa shape index (κ2) is 8.89. The van der Waals surface area contributed by atoms with Gasteiger partial charge < -0.3 is 5.32 Å². The number of carbonyl (C=O) groups is 1. The number of fused-ring (bicyclic) bond motifs is 2. The van der Waals surface area contributed by atoms with Crippen LogP contribution < -0.4 is 10.0 Å². The fourth-order valence-electron chi connectivity index (χ4n) is 4.71. The third-order valence-corrected chi connectivity index (χ3v) is 8.63. The molecule has 2 aliphatic carbocycles. The number of urea groups is 1. The number of aromatic nitrogens is 1. The van der Waals surface area contributed by atoms with Crippen LogP contribution in [0, 0.1) is 0 Å². The average Bonchev–Trinajstić information content (AvgIpc) is 3.54. The Kier molecular flexibility index (Phi) is 5.94. The van der Waals surface area contributed by atoms with Crippen molar-refractivity contribution in [3.63, 3.8) is 0 Å². The predicted molar refractivity (Wildman–Crippen MR) is 131 cm³/mol. The Morgan fingerprint density at radius 1 is 1.06 bits per heavy atom. The lowest BCUT2D eigenvalue weighted by Gasteiger charge is -2.19. The van der Waals surface area contributed by atoms with E-state index in [1.807, 2.05) is 35.7 Å². The maximum absolute atomic E-state index is 12.8. The summed E-state index contributed by atoms with van der Waals surface area (Å²) in [5, 5.41) is 5.54. The molecule has 1 heterocycles. The zero-order valence-electron chi connectivity index (χ0n) is 18.4. The molecule has 9 heteroatoms. The molecule has 0 radical (unpaired) electrons. The molecule has 1 aromatic heterocycles. The van der Waals surface area contributed by atoms with E-state index in [0.717, 1.165) is 70.2 Å². The molecule has 7 nitrogen and oxygen atoms in total. The lowest BCUT2D eigenvalue weighted by atomic mass is 9.99. The van der Waals surface area contributed by atoms with Gasteiger partial charge in [-0.3, -0.25) is 0 Å². The zero-order valence-corrected chi connectivity index (χ0v) is 20.1. The Hall–Kier alpha value is -2.75. The molecule has 33 heavy (non-hydrogen) atoms. The van der Waals surface area contributed by atoms with Gasteiger partial charge >= 0.3 is 16.2 Å². The van der Waals surface area contributed by atoms with Crippen LogP contribution in [0.1, 0.15) is 40.8 Å². The van der Waals surface area contributed by atoms with Crippen molar-refractivity contribution in [3.05, 3.63) is 69.7 Å². The van der Waals surface area contributed by atoms with E-state index in [1.54, 1.807) is 0 Å². The summed E-state index contributed by atoms with van der Waals surface area (Å²) in [5.74, 6) is 0. The summed E-state index contributed by atoms with van der Waals surface area (Å²) >= 11 is 1.46. The normalized spacial score (nSPS) is 14.8. The number of thiazole rings is 1. The van der Waals surface area contributed by atoms with Crippen molar-refractivity contribution >= 4 is 33.3 Å². The Balaban J connectivity index is 1.27. The molecule has 3 aromatic rings. The summed E-state index contributed by atoms with van der Waals surface area (Å²) < 4.78 is 28.9. The Morgan fingerprint density at radius 3 is 2.39 bits per heavy atom. The van der Waals surface area contributed by atoms with Gasteiger partial charge in [-0.15, -0.1) is 11.3 Å². The number of nitrogens with one attached hydrogen (secondary N) is 2. The summed E-state index contributed by atoms with van der Waals surface area (Å²) in [6.07, 6.45) is 5.98. The molecule has 0 saturated heterocycles. The summed E-state index contributed by atoms with van der Waals surface area (Å²) in [7, 11) is -2.59. The van der Waals surface area contributed by atoms with Crippen LogP contribution in [0.15, 0.2) is 41.8 Å². The lowest BCUT2D eigenvalue weighted by molar-refractivity contribution is 0.256. The van der Waals surface area contributed by atoms with Gasteiger partial charge in [-0.05, 0) is 60.8 Å². The van der Waals surface area contributed by atoms with E-state index in [-0.39, 0.29) is 6.54 Å². The van der Waals surface area contributed by atoms with Crippen LogP contribution in [-0.4, -0.2) is 30.8 Å². The Bertz CT molecular complexity index is 1270. The zero-order chi connectivity index (χ0) is 23.0. The first kappa shape index (κ1) is 22.1. The van der Waals surface area contributed by atoms with E-state index in [4.69, 9.17) is 0 Å². The second-order valence-corrected chi connectivity index (χ2v) is 11.2. The van der Waals surface area contributed by atoms with Crippen molar-refractivity contribution in [2.45, 2.75) is 45.1 Å². The van der Waals surface area contributed by atoms with E-state index < -0.39 is 16.2 Å². The number of hydrogen-bond donors (Lipinski definition) is 2. The largest absolute Gasteiger partial charge is 0.333 e. The van der Waals surface area contributed by atoms with Crippen LogP contribution in [0.25, 0.3) is 10.6 Å². The van der Waals surface area contributed by atoms with Crippen molar-refractivity contribution in [1.82, 2.24) is 14.0 Å². The third-order valence-electron chi connectivity index (χ3n) is 6.30. The molecule has 0 bridgehead atoms. The summed E-state index contributed by atoms with van der Waals surface area (Å²) in [6.45, 7) is 0.0715. The minimum atomic E-state index is -4.03. The molecule has 0 saturated carbocycles. The average molecular weight is 483 g/mol. The van der Waals surface area contributed by atoms with Gasteiger partial charge in [0.25, 0.3) is 0 Å². The van der Waals surface area contributed by atoms with Crippen molar-refractivity contribution in [2.75, 3.05) is 12.4 Å². The first-order chi connectivity index (χ1) is 15.9. The first-order valence-electron chi connectivity index (χ1n) is 11.1. The molecule has 172 valence electrons. The molecule has 2 N–H and O–H groups in total. The number of hydrogen-bond acceptors (Lipinski definition) is 5. The maximum Gasteiger partial charge on any atom is 0.333 e. The highest BCUT2D eigenvalue weighted by Crippen LogP contribution is 2.38. The summed E-state index contributed by atoms with van der Waals surface area (Å²) in [6, 6.07) is 11.3. The van der Waals surface area contributed by atoms with Gasteiger partial charge in [-0.2, -0.15) is 12.7 Å². The number of nitrogens with zero attached hydrogens (tertiary/aromatic N) is 2. The highest BCUT2D eigenvalue weighted by Gasteiger charge is 2.27. The summed E-state index contributed by atoms with van der Waals surface area (Å²) in [5.41, 5.74) is 7.32. The molecule has 0 spiro atoms. The molecule has 2 aliphatic rings. The van der Waals surface area contributed by atoms with Crippen LogP contribution in [0.5, 0.6) is 0 Å². The highest BCUT2D eigenvalue weighted by atomic mass is 32.2. The molecule has 2 aromatic carbocycles. The number of amides is 2. The maximum atomic E-state index is 12.8. The van der Waals surface area contributed by atoms with Crippen molar-refractivity contribution in [1.29, 1.82) is 0 Å². The minimum absolute atomic E-state index is 0.0715. The van der Waals surface area contributed by atoms with Crippen LogP contribution in [0.4, 0.5) is 10.5 Å². The molecule has 0 atom stereocenters. The predicted octanol–water partition coefficient (Wildman–Crippen LogP) is 4.29. The summed E-state index contributed by atoms with van der Waals surface area (Å²) in [4.78, 5) is 17.3.